The van der Waals surface area contributed by atoms with Crippen LogP contribution in [0, 0.1) is 10.8 Å². The van der Waals surface area contributed by atoms with Gasteiger partial charge in [-0.25, -0.2) is 14.4 Å². The number of hydrogen-bond acceptors (Lipinski definition) is 19. The van der Waals surface area contributed by atoms with E-state index < -0.39 is 73.1 Å². The first-order valence-corrected chi connectivity index (χ1v) is 23.1. The molecule has 0 amide bonds. The average Bonchev–Trinajstić information content (AvgIpc) is 3.34. The lowest BCUT2D eigenvalue weighted by atomic mass is 9.90. The zero-order chi connectivity index (χ0) is 47.5. The second-order valence-corrected chi connectivity index (χ2v) is 17.0. The molecular weight excluding hydrogens is 845 g/mol. The lowest BCUT2D eigenvalue weighted by Crippen LogP contribution is -2.48. The minimum atomic E-state index is -1.47. The minimum absolute atomic E-state index is 0.0837. The molecule has 0 aromatic heterocycles. The molecule has 19 nitrogen and oxygen atoms in total. The molecule has 3 rings (SSSR count). The van der Waals surface area contributed by atoms with E-state index in [1.807, 2.05) is 0 Å². The van der Waals surface area contributed by atoms with E-state index in [1.165, 1.54) is 0 Å². The number of carbonyl (C=O) groups excluding carboxylic acids is 6. The number of rotatable bonds is 31. The van der Waals surface area contributed by atoms with Crippen LogP contribution in [0.3, 0.4) is 0 Å². The molecule has 0 aliphatic carbocycles. The SMILES string of the molecule is C=CC(=O)OCC(COCC(COC(=O)C=C)(COC(=O)CCN1CCN(CC)CC1)COC(=O)CCN1CCN(CC)CC1)(COC(=O)C=C)COC(=O)CCN1CCN(CC)CC1. The smallest absolute Gasteiger partial charge is 0.330 e. The van der Waals surface area contributed by atoms with Crippen molar-refractivity contribution >= 4 is 35.8 Å². The molecule has 0 aromatic rings. The topological polar surface area (TPSA) is 186 Å². The van der Waals surface area contributed by atoms with Gasteiger partial charge in [0.05, 0.1) is 43.3 Å². The summed E-state index contributed by atoms with van der Waals surface area (Å²) < 4.78 is 40.2. The summed E-state index contributed by atoms with van der Waals surface area (Å²) in [5.41, 5.74) is -2.93. The van der Waals surface area contributed by atoms with Gasteiger partial charge in [0.25, 0.3) is 0 Å². The maximum atomic E-state index is 13.3. The molecule has 3 fully saturated rings. The molecule has 3 aliphatic heterocycles. The van der Waals surface area contributed by atoms with Crippen LogP contribution in [0.15, 0.2) is 38.0 Å². The van der Waals surface area contributed by atoms with Crippen molar-refractivity contribution in [2.24, 2.45) is 10.8 Å². The van der Waals surface area contributed by atoms with Crippen LogP contribution >= 0.6 is 0 Å². The molecule has 3 heterocycles. The zero-order valence-electron chi connectivity index (χ0n) is 39.3. The van der Waals surface area contributed by atoms with E-state index in [0.29, 0.717) is 19.6 Å². The predicted octanol–water partition coefficient (Wildman–Crippen LogP) is 0.876. The minimum Gasteiger partial charge on any atom is -0.465 e. The molecule has 0 unspecified atom stereocenters. The Kier molecular flexibility index (Phi) is 25.5. The first-order chi connectivity index (χ1) is 31.3. The Morgan fingerprint density at radius 2 is 0.615 bits per heavy atom. The van der Waals surface area contributed by atoms with Gasteiger partial charge in [0, 0.05) is 116 Å². The van der Waals surface area contributed by atoms with Gasteiger partial charge in [0.15, 0.2) is 0 Å². The molecule has 0 saturated carbocycles. The second-order valence-electron chi connectivity index (χ2n) is 17.0. The summed E-state index contributed by atoms with van der Waals surface area (Å²) in [6, 6.07) is 0. The maximum absolute atomic E-state index is 13.3. The average molecular weight is 921 g/mol. The Hall–Kier alpha value is -4.24. The zero-order valence-corrected chi connectivity index (χ0v) is 39.3. The van der Waals surface area contributed by atoms with Gasteiger partial charge < -0.3 is 62.6 Å². The van der Waals surface area contributed by atoms with Crippen molar-refractivity contribution in [3.05, 3.63) is 38.0 Å². The van der Waals surface area contributed by atoms with Crippen LogP contribution in [-0.2, 0) is 61.9 Å². The van der Waals surface area contributed by atoms with Crippen molar-refractivity contribution < 1.29 is 61.9 Å². The van der Waals surface area contributed by atoms with Crippen LogP contribution in [0.25, 0.3) is 0 Å². The van der Waals surface area contributed by atoms with Gasteiger partial charge in [0.2, 0.25) is 0 Å². The van der Waals surface area contributed by atoms with Crippen molar-refractivity contribution in [2.75, 3.05) is 171 Å². The van der Waals surface area contributed by atoms with Gasteiger partial charge in [-0.1, -0.05) is 40.5 Å². The molecule has 65 heavy (non-hydrogen) atoms. The predicted molar refractivity (Wildman–Crippen MR) is 242 cm³/mol. The highest BCUT2D eigenvalue weighted by molar-refractivity contribution is 5.82. The first-order valence-electron chi connectivity index (χ1n) is 23.1. The number of hydrogen-bond donors (Lipinski definition) is 0. The van der Waals surface area contributed by atoms with Crippen molar-refractivity contribution in [3.63, 3.8) is 0 Å². The Bertz CT molecular complexity index is 1460. The molecule has 0 radical (unpaired) electrons. The highest BCUT2D eigenvalue weighted by Crippen LogP contribution is 2.27. The normalized spacial score (nSPS) is 17.4. The van der Waals surface area contributed by atoms with Crippen LogP contribution in [0.4, 0.5) is 0 Å². The molecule has 3 aliphatic rings. The van der Waals surface area contributed by atoms with Gasteiger partial charge in [0.1, 0.15) is 39.6 Å². The number of esters is 6. The summed E-state index contributed by atoms with van der Waals surface area (Å²) in [6.07, 6.45) is 3.17. The highest BCUT2D eigenvalue weighted by atomic mass is 16.6. The molecule has 0 N–H and O–H groups in total. The van der Waals surface area contributed by atoms with E-state index in [0.717, 1.165) is 116 Å². The Morgan fingerprint density at radius 1 is 0.385 bits per heavy atom. The molecular formula is C46H76N6O13. The Balaban J connectivity index is 1.82. The van der Waals surface area contributed by atoms with E-state index >= 15 is 0 Å². The van der Waals surface area contributed by atoms with E-state index in [-0.39, 0.29) is 45.7 Å². The summed E-state index contributed by atoms with van der Waals surface area (Å²) in [5.74, 6) is -3.90. The third kappa shape index (κ3) is 21.3. The summed E-state index contributed by atoms with van der Waals surface area (Å²) >= 11 is 0. The summed E-state index contributed by atoms with van der Waals surface area (Å²) in [4.78, 5) is 90.7. The van der Waals surface area contributed by atoms with Gasteiger partial charge in [-0.2, -0.15) is 0 Å². The van der Waals surface area contributed by atoms with Crippen molar-refractivity contribution in [3.8, 4) is 0 Å². The summed E-state index contributed by atoms with van der Waals surface area (Å²) in [7, 11) is 0. The Morgan fingerprint density at radius 3 is 0.846 bits per heavy atom. The third-order valence-electron chi connectivity index (χ3n) is 12.1. The van der Waals surface area contributed by atoms with Crippen molar-refractivity contribution in [2.45, 2.75) is 40.0 Å². The van der Waals surface area contributed by atoms with Crippen LogP contribution in [0.5, 0.6) is 0 Å². The second kappa shape index (κ2) is 30.1. The Labute approximate surface area is 385 Å². The fourth-order valence-corrected chi connectivity index (χ4v) is 7.49. The number of ether oxygens (including phenoxy) is 7. The van der Waals surface area contributed by atoms with Crippen LogP contribution in [0.2, 0.25) is 0 Å². The molecule has 0 bridgehead atoms. The molecule has 368 valence electrons. The number of piperazine rings is 3. The molecule has 19 heteroatoms. The van der Waals surface area contributed by atoms with E-state index in [4.69, 9.17) is 33.2 Å². The van der Waals surface area contributed by atoms with Crippen LogP contribution in [0.1, 0.15) is 40.0 Å². The number of nitrogens with zero attached hydrogens (tertiary/aromatic N) is 6. The van der Waals surface area contributed by atoms with Crippen LogP contribution in [-0.4, -0.2) is 236 Å². The lowest BCUT2D eigenvalue weighted by Gasteiger charge is -2.36. The highest BCUT2D eigenvalue weighted by Gasteiger charge is 2.41. The van der Waals surface area contributed by atoms with Gasteiger partial charge in [-0.3, -0.25) is 14.4 Å². The lowest BCUT2D eigenvalue weighted by molar-refractivity contribution is -0.172. The molecule has 0 spiro atoms. The van der Waals surface area contributed by atoms with E-state index in [2.05, 4.69) is 69.9 Å². The van der Waals surface area contributed by atoms with Crippen molar-refractivity contribution in [1.82, 2.24) is 29.4 Å². The standard InChI is InChI=1S/C46H76N6O13/c1-7-39(53)60-33-45(34-61-40(54)8-2,36-63-42(56)13-16-50-25-19-47(10-4)20-26-50)31-59-32-46(35-62-41(55)9-3,37-64-43(57)14-17-51-27-21-48(11-5)22-28-51)38-65-44(58)15-18-52-29-23-49(12-6)24-30-52/h7-9H,1-3,10-38H2,4-6H3. The first kappa shape index (κ1) is 55.1. The molecule has 0 aromatic carbocycles. The molecule has 0 atom stereocenters. The van der Waals surface area contributed by atoms with Gasteiger partial charge >= 0.3 is 35.8 Å². The fraction of sp³-hybridized carbons (Fsp3) is 0.739. The van der Waals surface area contributed by atoms with Gasteiger partial charge in [-0.05, 0) is 19.6 Å². The van der Waals surface area contributed by atoms with E-state index in [1.54, 1.807) is 0 Å². The molecule has 3 saturated heterocycles. The monoisotopic (exact) mass is 921 g/mol. The third-order valence-corrected chi connectivity index (χ3v) is 12.1. The summed E-state index contributed by atoms with van der Waals surface area (Å²) in [6.45, 7) is 28.2. The quantitative estimate of drug-likeness (QED) is 0.0542. The number of likely N-dealkylation sites (N-methyl/N-ethyl adjacent to an activating group) is 3. The van der Waals surface area contributed by atoms with Gasteiger partial charge in [-0.15, -0.1) is 0 Å². The number of carbonyl (C=O) groups is 6. The largest absolute Gasteiger partial charge is 0.465 e. The summed E-state index contributed by atoms with van der Waals surface area (Å²) in [5, 5.41) is 0. The van der Waals surface area contributed by atoms with Crippen molar-refractivity contribution in [1.29, 1.82) is 0 Å². The van der Waals surface area contributed by atoms with Crippen LogP contribution < -0.4 is 0 Å². The fourth-order valence-electron chi connectivity index (χ4n) is 7.49. The van der Waals surface area contributed by atoms with E-state index in [9.17, 15) is 28.8 Å². The maximum Gasteiger partial charge on any atom is 0.330 e.